The van der Waals surface area contributed by atoms with E-state index >= 15 is 0 Å². The SMILES string of the molecule is O=C(COc1ccccc1[C@@H]1c2sc(=O)[nH]c2S[C@@H]2[C@@H]3C[C@@H]([C@@H]4C(=O)N(c5ccc(F)cc5)C(=O)[C@@H]34)[C@H]12)Nc1ccc(F)cc1. The molecule has 7 atom stereocenters. The molecule has 2 aliphatic carbocycles. The molecule has 4 aromatic rings. The summed E-state index contributed by atoms with van der Waals surface area (Å²) in [5, 5.41) is 3.43. The molecule has 4 aliphatic rings. The van der Waals surface area contributed by atoms with Gasteiger partial charge in [-0.25, -0.2) is 8.78 Å². The normalized spacial score (nSPS) is 27.7. The van der Waals surface area contributed by atoms with Crippen LogP contribution in [0.25, 0.3) is 0 Å². The van der Waals surface area contributed by atoms with Gasteiger partial charge in [0.05, 0.1) is 22.5 Å². The summed E-state index contributed by atoms with van der Waals surface area (Å²) in [4.78, 5) is 57.9. The molecule has 2 bridgehead atoms. The third-order valence-electron chi connectivity index (χ3n) is 9.55. The van der Waals surface area contributed by atoms with E-state index in [-0.39, 0.29) is 52.2 Å². The van der Waals surface area contributed by atoms with Crippen LogP contribution in [0.3, 0.4) is 0 Å². The van der Waals surface area contributed by atoms with Crippen molar-refractivity contribution in [1.29, 1.82) is 0 Å². The molecule has 12 heteroatoms. The maximum atomic E-state index is 13.9. The van der Waals surface area contributed by atoms with Gasteiger partial charge in [-0.3, -0.25) is 24.1 Å². The third-order valence-corrected chi connectivity index (χ3v) is 12.1. The number of hydrogen-bond donors (Lipinski definition) is 2. The third kappa shape index (κ3) is 4.53. The van der Waals surface area contributed by atoms with E-state index in [4.69, 9.17) is 4.74 Å². The topological polar surface area (TPSA) is 109 Å². The second-order valence-electron chi connectivity index (χ2n) is 11.8. The van der Waals surface area contributed by atoms with Crippen LogP contribution in [-0.4, -0.2) is 34.6 Å². The highest BCUT2D eigenvalue weighted by Crippen LogP contribution is 2.69. The van der Waals surface area contributed by atoms with Crippen molar-refractivity contribution in [1.82, 2.24) is 4.98 Å². The van der Waals surface area contributed by atoms with Crippen molar-refractivity contribution in [3.63, 3.8) is 0 Å². The number of amides is 3. The van der Waals surface area contributed by atoms with E-state index in [2.05, 4.69) is 10.3 Å². The van der Waals surface area contributed by atoms with Gasteiger partial charge in [-0.2, -0.15) is 0 Å². The zero-order valence-corrected chi connectivity index (χ0v) is 25.1. The lowest BCUT2D eigenvalue weighted by Crippen LogP contribution is -2.42. The molecule has 1 saturated heterocycles. The van der Waals surface area contributed by atoms with Crippen molar-refractivity contribution in [2.45, 2.75) is 22.6 Å². The largest absolute Gasteiger partial charge is 0.483 e. The molecule has 2 N–H and O–H groups in total. The Morgan fingerprint density at radius 2 is 1.58 bits per heavy atom. The predicted molar refractivity (Wildman–Crippen MR) is 164 cm³/mol. The van der Waals surface area contributed by atoms with Gasteiger partial charge >= 0.3 is 4.87 Å². The van der Waals surface area contributed by atoms with Gasteiger partial charge in [0.25, 0.3) is 5.91 Å². The number of thiazole rings is 1. The maximum Gasteiger partial charge on any atom is 0.305 e. The summed E-state index contributed by atoms with van der Waals surface area (Å²) in [5.41, 5.74) is 1.61. The average molecular weight is 646 g/mol. The minimum absolute atomic E-state index is 0.0289. The van der Waals surface area contributed by atoms with Crippen LogP contribution in [0, 0.1) is 41.2 Å². The van der Waals surface area contributed by atoms with Crippen LogP contribution >= 0.6 is 23.1 Å². The Morgan fingerprint density at radius 1 is 0.911 bits per heavy atom. The number of benzene rings is 3. The highest BCUT2D eigenvalue weighted by atomic mass is 32.2. The molecule has 45 heavy (non-hydrogen) atoms. The Balaban J connectivity index is 1.12. The number of para-hydroxylation sites is 1. The van der Waals surface area contributed by atoms with Gasteiger partial charge in [0.2, 0.25) is 11.8 Å². The van der Waals surface area contributed by atoms with E-state index in [0.29, 0.717) is 23.5 Å². The monoisotopic (exact) mass is 645 g/mol. The first kappa shape index (κ1) is 28.2. The minimum Gasteiger partial charge on any atom is -0.483 e. The number of carbonyl (C=O) groups is 3. The van der Waals surface area contributed by atoms with Crippen LogP contribution < -0.4 is 19.8 Å². The van der Waals surface area contributed by atoms with Crippen molar-refractivity contribution in [2.24, 2.45) is 29.6 Å². The molecule has 0 unspecified atom stereocenters. The molecular weight excluding hydrogens is 621 g/mol. The summed E-state index contributed by atoms with van der Waals surface area (Å²) >= 11 is 2.71. The average Bonchev–Trinajstić information content (AvgIpc) is 3.77. The van der Waals surface area contributed by atoms with Gasteiger partial charge in [0.1, 0.15) is 17.4 Å². The number of nitrogens with one attached hydrogen (secondary N) is 2. The Bertz CT molecular complexity index is 1910. The van der Waals surface area contributed by atoms with E-state index in [0.717, 1.165) is 26.8 Å². The first-order chi connectivity index (χ1) is 21.8. The van der Waals surface area contributed by atoms with E-state index in [1.54, 1.807) is 17.8 Å². The number of aromatic nitrogens is 1. The molecule has 1 aromatic heterocycles. The van der Waals surface area contributed by atoms with E-state index < -0.39 is 29.4 Å². The van der Waals surface area contributed by atoms with Crippen LogP contribution in [0.2, 0.25) is 0 Å². The summed E-state index contributed by atoms with van der Waals surface area (Å²) in [7, 11) is 0. The number of imide groups is 1. The summed E-state index contributed by atoms with van der Waals surface area (Å²) in [6, 6.07) is 18.2. The van der Waals surface area contributed by atoms with Crippen LogP contribution in [-0.2, 0) is 14.4 Å². The van der Waals surface area contributed by atoms with E-state index in [1.165, 1.54) is 53.4 Å². The number of carbonyl (C=O) groups excluding carboxylic acids is 3. The Morgan fingerprint density at radius 3 is 2.31 bits per heavy atom. The Labute approximate surface area is 263 Å². The van der Waals surface area contributed by atoms with Crippen LogP contribution in [0.1, 0.15) is 22.8 Å². The first-order valence-corrected chi connectivity index (χ1v) is 16.3. The number of hydrogen-bond acceptors (Lipinski definition) is 7. The highest BCUT2D eigenvalue weighted by Gasteiger charge is 2.69. The molecule has 2 saturated carbocycles. The van der Waals surface area contributed by atoms with Crippen molar-refractivity contribution in [2.75, 3.05) is 16.8 Å². The van der Waals surface area contributed by atoms with Crippen LogP contribution in [0.5, 0.6) is 5.75 Å². The summed E-state index contributed by atoms with van der Waals surface area (Å²) in [6.45, 7) is -0.295. The van der Waals surface area contributed by atoms with Gasteiger partial charge in [-0.1, -0.05) is 29.5 Å². The molecule has 3 heterocycles. The number of rotatable bonds is 6. The van der Waals surface area contributed by atoms with Gasteiger partial charge in [0, 0.05) is 27.3 Å². The maximum absolute atomic E-state index is 13.9. The summed E-state index contributed by atoms with van der Waals surface area (Å²) < 4.78 is 33.0. The van der Waals surface area contributed by atoms with Crippen molar-refractivity contribution in [3.05, 3.63) is 105 Å². The molecule has 3 amide bonds. The van der Waals surface area contributed by atoms with Crippen molar-refractivity contribution in [3.8, 4) is 5.75 Å². The molecule has 3 fully saturated rings. The smallest absolute Gasteiger partial charge is 0.305 e. The number of halogens is 2. The van der Waals surface area contributed by atoms with Gasteiger partial charge in [-0.05, 0) is 78.8 Å². The number of aromatic amines is 1. The van der Waals surface area contributed by atoms with Gasteiger partial charge < -0.3 is 15.0 Å². The molecular formula is C33H25F2N3O5S2. The fraction of sp³-hybridized carbons (Fsp3) is 0.273. The van der Waals surface area contributed by atoms with Crippen LogP contribution in [0.4, 0.5) is 20.2 Å². The van der Waals surface area contributed by atoms with Crippen molar-refractivity contribution < 1.29 is 27.9 Å². The fourth-order valence-electron chi connectivity index (χ4n) is 7.95. The van der Waals surface area contributed by atoms with Crippen molar-refractivity contribution >= 4 is 52.2 Å². The fourth-order valence-corrected chi connectivity index (χ4v) is 10.8. The standard InChI is InChI=1S/C33H25F2N3O5S2/c34-15-5-9-17(10-6-15)36-23(39)14-43-22-4-2-1-3-19(22)24-25-20-13-21(28(25)44-30-29(24)45-33(42)37-30)27-26(20)31(40)38(32(27)41)18-11-7-16(35)8-12-18/h1-12,20-21,24-28H,13-14H2,(H,36,39)(H,37,42)/t20-,21-,24+,25-,26+,27+,28-/m1/s1. The molecule has 228 valence electrons. The lowest BCUT2D eigenvalue weighted by Gasteiger charge is -2.43. The molecule has 8 nitrogen and oxygen atoms in total. The van der Waals surface area contributed by atoms with E-state index in [9.17, 15) is 28.0 Å². The minimum atomic E-state index is -0.510. The lowest BCUT2D eigenvalue weighted by molar-refractivity contribution is -0.123. The number of nitrogens with zero attached hydrogens (tertiary/aromatic N) is 1. The number of fused-ring (bicyclic) bond motifs is 9. The number of anilines is 2. The second-order valence-corrected chi connectivity index (χ2v) is 14.0. The zero-order chi connectivity index (χ0) is 31.0. The molecule has 3 aromatic carbocycles. The lowest BCUT2D eigenvalue weighted by atomic mass is 9.68. The number of H-pyrrole nitrogens is 1. The zero-order valence-electron chi connectivity index (χ0n) is 23.4. The van der Waals surface area contributed by atoms with Gasteiger partial charge in [0.15, 0.2) is 6.61 Å². The number of thioether (sulfide) groups is 1. The first-order valence-electron chi connectivity index (χ1n) is 14.6. The Hall–Kier alpha value is -4.29. The molecule has 2 aliphatic heterocycles. The number of ether oxygens (including phenoxy) is 1. The molecule has 0 radical (unpaired) electrons. The summed E-state index contributed by atoms with van der Waals surface area (Å²) in [5.74, 6) is -2.86. The second kappa shape index (κ2) is 10.7. The quantitative estimate of drug-likeness (QED) is 0.272. The molecule has 0 spiro atoms. The van der Waals surface area contributed by atoms with E-state index in [1.807, 2.05) is 18.2 Å². The predicted octanol–water partition coefficient (Wildman–Crippen LogP) is 5.41. The Kier molecular flexibility index (Phi) is 6.68. The highest BCUT2D eigenvalue weighted by molar-refractivity contribution is 8.00. The van der Waals surface area contributed by atoms with Gasteiger partial charge in [-0.15, -0.1) is 11.8 Å². The molecule has 8 rings (SSSR count). The summed E-state index contributed by atoms with van der Waals surface area (Å²) in [6.07, 6.45) is 0.713. The van der Waals surface area contributed by atoms with Crippen LogP contribution in [0.15, 0.2) is 82.6 Å².